The normalized spacial score (nSPS) is 10.5. The molecular formula is C14H23NOS. The van der Waals surface area contributed by atoms with Gasteiger partial charge < -0.3 is 10.1 Å². The highest BCUT2D eigenvalue weighted by molar-refractivity contribution is 7.98. The van der Waals surface area contributed by atoms with Crippen LogP contribution in [0.3, 0.4) is 0 Å². The monoisotopic (exact) mass is 253 g/mol. The first-order valence-electron chi connectivity index (χ1n) is 6.28. The van der Waals surface area contributed by atoms with Crippen LogP contribution < -0.4 is 10.1 Å². The maximum absolute atomic E-state index is 5.59. The summed E-state index contributed by atoms with van der Waals surface area (Å²) in [5, 5.41) is 3.47. The molecule has 17 heavy (non-hydrogen) atoms. The van der Waals surface area contributed by atoms with Crippen molar-refractivity contribution in [3.8, 4) is 5.75 Å². The van der Waals surface area contributed by atoms with Gasteiger partial charge >= 0.3 is 0 Å². The van der Waals surface area contributed by atoms with Gasteiger partial charge in [-0.05, 0) is 44.4 Å². The summed E-state index contributed by atoms with van der Waals surface area (Å²) in [4.78, 5) is 0. The van der Waals surface area contributed by atoms with Crippen LogP contribution in [0.15, 0.2) is 24.3 Å². The summed E-state index contributed by atoms with van der Waals surface area (Å²) in [6, 6.07) is 8.24. The first-order valence-corrected chi connectivity index (χ1v) is 7.68. The predicted octanol–water partition coefficient (Wildman–Crippen LogP) is 3.32. The van der Waals surface area contributed by atoms with Gasteiger partial charge in [-0.3, -0.25) is 0 Å². The molecule has 0 aliphatic rings. The molecule has 1 N–H and O–H groups in total. The first kappa shape index (κ1) is 14.4. The van der Waals surface area contributed by atoms with Crippen LogP contribution in [0.25, 0.3) is 0 Å². The van der Waals surface area contributed by atoms with Gasteiger partial charge in [-0.25, -0.2) is 0 Å². The maximum atomic E-state index is 5.59. The third-order valence-corrected chi connectivity index (χ3v) is 3.24. The van der Waals surface area contributed by atoms with E-state index in [2.05, 4.69) is 23.7 Å². The quantitative estimate of drug-likeness (QED) is 0.682. The Balaban J connectivity index is 2.25. The molecule has 0 aromatic heterocycles. The Morgan fingerprint density at radius 1 is 1.24 bits per heavy atom. The van der Waals surface area contributed by atoms with E-state index in [0.29, 0.717) is 0 Å². The molecule has 0 heterocycles. The zero-order chi connectivity index (χ0) is 12.3. The highest BCUT2D eigenvalue weighted by Crippen LogP contribution is 2.17. The predicted molar refractivity (Wildman–Crippen MR) is 76.9 cm³/mol. The largest absolute Gasteiger partial charge is 0.494 e. The molecule has 0 aliphatic carbocycles. The number of ether oxygens (including phenoxy) is 1. The van der Waals surface area contributed by atoms with Gasteiger partial charge in [-0.15, -0.1) is 0 Å². The van der Waals surface area contributed by atoms with E-state index in [1.54, 1.807) is 0 Å². The van der Waals surface area contributed by atoms with Crippen molar-refractivity contribution in [1.82, 2.24) is 5.32 Å². The zero-order valence-electron chi connectivity index (χ0n) is 10.9. The fourth-order valence-corrected chi connectivity index (χ4v) is 2.16. The number of para-hydroxylation sites is 1. The molecule has 1 rings (SSSR count). The molecule has 2 nitrogen and oxygen atoms in total. The molecule has 0 bridgehead atoms. The molecule has 0 unspecified atom stereocenters. The molecule has 0 spiro atoms. The molecule has 0 aliphatic heterocycles. The fourth-order valence-electron chi connectivity index (χ4n) is 1.67. The van der Waals surface area contributed by atoms with Crippen molar-refractivity contribution in [3.05, 3.63) is 29.8 Å². The lowest BCUT2D eigenvalue weighted by Gasteiger charge is -2.10. The highest BCUT2D eigenvalue weighted by Gasteiger charge is 2.00. The van der Waals surface area contributed by atoms with Gasteiger partial charge in [0.1, 0.15) is 5.75 Å². The Hall–Kier alpha value is -0.670. The van der Waals surface area contributed by atoms with Crippen LogP contribution in [0.1, 0.15) is 25.3 Å². The number of nitrogens with one attached hydrogen (secondary N) is 1. The minimum Gasteiger partial charge on any atom is -0.494 e. The summed E-state index contributed by atoms with van der Waals surface area (Å²) in [6.07, 6.45) is 4.70. The number of hydrogen-bond donors (Lipinski definition) is 1. The number of unbranched alkanes of at least 4 members (excludes halogenated alkanes) is 1. The second-order valence-corrected chi connectivity index (χ2v) is 4.90. The molecule has 96 valence electrons. The van der Waals surface area contributed by atoms with Gasteiger partial charge in [0.25, 0.3) is 0 Å². The SMILES string of the molecule is CCOc1ccccc1CNCCCCSC. The van der Waals surface area contributed by atoms with Crippen molar-refractivity contribution in [2.75, 3.05) is 25.2 Å². The van der Waals surface area contributed by atoms with E-state index in [4.69, 9.17) is 4.74 Å². The standard InChI is InChI=1S/C14H23NOS/c1-3-16-14-9-5-4-8-13(14)12-15-10-6-7-11-17-2/h4-5,8-9,15H,3,6-7,10-12H2,1-2H3. The van der Waals surface area contributed by atoms with Gasteiger partial charge in [-0.2, -0.15) is 11.8 Å². The molecular weight excluding hydrogens is 230 g/mol. The molecule has 0 fully saturated rings. The number of rotatable bonds is 9. The van der Waals surface area contributed by atoms with E-state index in [-0.39, 0.29) is 0 Å². The molecule has 0 amide bonds. The lowest BCUT2D eigenvalue weighted by molar-refractivity contribution is 0.335. The fraction of sp³-hybridized carbons (Fsp3) is 0.571. The van der Waals surface area contributed by atoms with Crippen LogP contribution in [-0.2, 0) is 6.54 Å². The Morgan fingerprint density at radius 3 is 2.82 bits per heavy atom. The van der Waals surface area contributed by atoms with Crippen LogP contribution in [0.4, 0.5) is 0 Å². The third kappa shape index (κ3) is 5.99. The molecule has 0 saturated carbocycles. The summed E-state index contributed by atoms with van der Waals surface area (Å²) in [6.45, 7) is 4.73. The van der Waals surface area contributed by atoms with Crippen molar-refractivity contribution < 1.29 is 4.74 Å². The summed E-state index contributed by atoms with van der Waals surface area (Å²) < 4.78 is 5.59. The third-order valence-electron chi connectivity index (χ3n) is 2.54. The van der Waals surface area contributed by atoms with E-state index in [1.807, 2.05) is 30.8 Å². The summed E-state index contributed by atoms with van der Waals surface area (Å²) >= 11 is 1.92. The van der Waals surface area contributed by atoms with E-state index in [0.717, 1.165) is 25.4 Å². The van der Waals surface area contributed by atoms with Crippen molar-refractivity contribution in [2.24, 2.45) is 0 Å². The van der Waals surface area contributed by atoms with Crippen LogP contribution in [-0.4, -0.2) is 25.2 Å². The van der Waals surface area contributed by atoms with E-state index >= 15 is 0 Å². The summed E-state index contributed by atoms with van der Waals surface area (Å²) in [5.41, 5.74) is 1.25. The average Bonchev–Trinajstić information content (AvgIpc) is 2.36. The second kappa shape index (κ2) is 9.37. The number of hydrogen-bond acceptors (Lipinski definition) is 3. The van der Waals surface area contributed by atoms with Crippen molar-refractivity contribution >= 4 is 11.8 Å². The zero-order valence-corrected chi connectivity index (χ0v) is 11.7. The van der Waals surface area contributed by atoms with Crippen LogP contribution in [0.2, 0.25) is 0 Å². The molecule has 3 heteroatoms. The number of thioether (sulfide) groups is 1. The van der Waals surface area contributed by atoms with Crippen molar-refractivity contribution in [2.45, 2.75) is 26.3 Å². The highest BCUT2D eigenvalue weighted by atomic mass is 32.2. The van der Waals surface area contributed by atoms with Gasteiger partial charge in [-0.1, -0.05) is 18.2 Å². The summed E-state index contributed by atoms with van der Waals surface area (Å²) in [7, 11) is 0. The van der Waals surface area contributed by atoms with Crippen LogP contribution >= 0.6 is 11.8 Å². The smallest absolute Gasteiger partial charge is 0.123 e. The minimum atomic E-state index is 0.727. The van der Waals surface area contributed by atoms with Gasteiger partial charge in [0.15, 0.2) is 0 Å². The van der Waals surface area contributed by atoms with E-state index in [9.17, 15) is 0 Å². The van der Waals surface area contributed by atoms with Crippen molar-refractivity contribution in [1.29, 1.82) is 0 Å². The Kier molecular flexibility index (Phi) is 7.93. The molecule has 0 saturated heterocycles. The lowest BCUT2D eigenvalue weighted by atomic mass is 10.2. The Morgan fingerprint density at radius 2 is 2.06 bits per heavy atom. The van der Waals surface area contributed by atoms with E-state index < -0.39 is 0 Å². The van der Waals surface area contributed by atoms with Gasteiger partial charge in [0, 0.05) is 12.1 Å². The number of benzene rings is 1. The van der Waals surface area contributed by atoms with Crippen molar-refractivity contribution in [3.63, 3.8) is 0 Å². The van der Waals surface area contributed by atoms with E-state index in [1.165, 1.54) is 24.2 Å². The summed E-state index contributed by atoms with van der Waals surface area (Å²) in [5.74, 6) is 2.27. The maximum Gasteiger partial charge on any atom is 0.123 e. The molecule has 0 atom stereocenters. The second-order valence-electron chi connectivity index (χ2n) is 3.92. The topological polar surface area (TPSA) is 21.3 Å². The lowest BCUT2D eigenvalue weighted by Crippen LogP contribution is -2.15. The molecule has 0 radical (unpaired) electrons. The van der Waals surface area contributed by atoms with Gasteiger partial charge in [0.2, 0.25) is 0 Å². The molecule has 1 aromatic rings. The first-order chi connectivity index (χ1) is 8.38. The average molecular weight is 253 g/mol. The molecule has 1 aromatic carbocycles. The van der Waals surface area contributed by atoms with Crippen LogP contribution in [0, 0.1) is 0 Å². The Labute approximate surface area is 109 Å². The van der Waals surface area contributed by atoms with Crippen LogP contribution in [0.5, 0.6) is 5.75 Å². The Bertz CT molecular complexity index is 304. The minimum absolute atomic E-state index is 0.727. The van der Waals surface area contributed by atoms with Gasteiger partial charge in [0.05, 0.1) is 6.61 Å².